The second-order valence-corrected chi connectivity index (χ2v) is 8.84. The van der Waals surface area contributed by atoms with E-state index in [2.05, 4.69) is 22.4 Å². The van der Waals surface area contributed by atoms with Gasteiger partial charge in [0.2, 0.25) is 11.8 Å². The molecule has 2 amide bonds. The Morgan fingerprint density at radius 2 is 1.64 bits per heavy atom. The first-order chi connectivity index (χ1) is 16.1. The molecule has 0 bridgehead atoms. The van der Waals surface area contributed by atoms with Crippen LogP contribution in [0.4, 0.5) is 15.8 Å². The van der Waals surface area contributed by atoms with Crippen molar-refractivity contribution in [3.05, 3.63) is 96.3 Å². The molecule has 0 saturated carbocycles. The molecular formula is C26H24FN3O2S. The molecule has 1 aliphatic heterocycles. The fraction of sp³-hybridized carbons (Fsp3) is 0.192. The molecule has 4 rings (SSSR count). The van der Waals surface area contributed by atoms with Gasteiger partial charge in [0.05, 0.1) is 5.69 Å². The van der Waals surface area contributed by atoms with Gasteiger partial charge in [-0.15, -0.1) is 0 Å². The van der Waals surface area contributed by atoms with Crippen molar-refractivity contribution in [3.8, 4) is 0 Å². The molecule has 5 nitrogen and oxygen atoms in total. The third-order valence-corrected chi connectivity index (χ3v) is 6.37. The number of para-hydroxylation sites is 1. The molecule has 3 aromatic carbocycles. The van der Waals surface area contributed by atoms with Gasteiger partial charge in [0.1, 0.15) is 11.1 Å². The lowest BCUT2D eigenvalue weighted by Crippen LogP contribution is -2.34. The van der Waals surface area contributed by atoms with E-state index < -0.39 is 5.25 Å². The number of aryl methyl sites for hydroxylation is 1. The van der Waals surface area contributed by atoms with E-state index in [4.69, 9.17) is 0 Å². The van der Waals surface area contributed by atoms with Gasteiger partial charge in [0.15, 0.2) is 5.17 Å². The summed E-state index contributed by atoms with van der Waals surface area (Å²) in [7, 11) is 0. The number of aliphatic imine (C=N–C) groups is 1. The van der Waals surface area contributed by atoms with E-state index in [1.165, 1.54) is 41.6 Å². The van der Waals surface area contributed by atoms with Crippen LogP contribution in [0.15, 0.2) is 89.9 Å². The molecule has 1 fully saturated rings. The molecular weight excluding hydrogens is 437 g/mol. The maximum absolute atomic E-state index is 13.2. The predicted octanol–water partition coefficient (Wildman–Crippen LogP) is 5.42. The standard InChI is InChI=1S/C26H24FN3O2S/c27-20-13-15-22(16-14-20)28-24(31)18-23-25(32)30(17-7-10-19-8-3-1-4-9-19)26(33-23)29-21-11-5-2-6-12-21/h1-6,8-9,11-16,23H,7,10,17-18H2,(H,28,31)/t23-/m0/s1. The van der Waals surface area contributed by atoms with Crippen LogP contribution in [0.5, 0.6) is 0 Å². The van der Waals surface area contributed by atoms with Crippen LogP contribution in [0.3, 0.4) is 0 Å². The van der Waals surface area contributed by atoms with E-state index in [0.29, 0.717) is 17.4 Å². The molecule has 1 saturated heterocycles. The molecule has 1 aliphatic rings. The fourth-order valence-corrected chi connectivity index (χ4v) is 4.73. The highest BCUT2D eigenvalue weighted by molar-refractivity contribution is 8.15. The van der Waals surface area contributed by atoms with E-state index in [9.17, 15) is 14.0 Å². The van der Waals surface area contributed by atoms with Crippen LogP contribution in [0.25, 0.3) is 0 Å². The smallest absolute Gasteiger partial charge is 0.242 e. The number of halogens is 1. The van der Waals surface area contributed by atoms with E-state index in [1.807, 2.05) is 48.5 Å². The zero-order valence-corrected chi connectivity index (χ0v) is 18.8. The average Bonchev–Trinajstić information content (AvgIpc) is 3.10. The number of benzene rings is 3. The predicted molar refractivity (Wildman–Crippen MR) is 131 cm³/mol. The van der Waals surface area contributed by atoms with Gasteiger partial charge in [-0.1, -0.05) is 60.3 Å². The highest BCUT2D eigenvalue weighted by Crippen LogP contribution is 2.32. The number of hydrogen-bond acceptors (Lipinski definition) is 4. The number of nitrogens with one attached hydrogen (secondary N) is 1. The molecule has 1 atom stereocenters. The Balaban J connectivity index is 1.44. The molecule has 33 heavy (non-hydrogen) atoms. The SMILES string of the molecule is O=C(C[C@@H]1SC(=Nc2ccccc2)N(CCCc2ccccc2)C1=O)Nc1ccc(F)cc1. The highest BCUT2D eigenvalue weighted by atomic mass is 32.2. The van der Waals surface area contributed by atoms with Crippen molar-refractivity contribution in [1.29, 1.82) is 0 Å². The van der Waals surface area contributed by atoms with Gasteiger partial charge in [-0.2, -0.15) is 0 Å². The van der Waals surface area contributed by atoms with E-state index in [0.717, 1.165) is 18.5 Å². The maximum Gasteiger partial charge on any atom is 0.242 e. The lowest BCUT2D eigenvalue weighted by atomic mass is 10.1. The largest absolute Gasteiger partial charge is 0.326 e. The summed E-state index contributed by atoms with van der Waals surface area (Å²) in [4.78, 5) is 32.1. The summed E-state index contributed by atoms with van der Waals surface area (Å²) in [5.74, 6) is -0.780. The van der Waals surface area contributed by atoms with Crippen molar-refractivity contribution in [2.24, 2.45) is 4.99 Å². The van der Waals surface area contributed by atoms with Gasteiger partial charge < -0.3 is 5.32 Å². The zero-order chi connectivity index (χ0) is 23.0. The Kier molecular flexibility index (Phi) is 7.52. The second-order valence-electron chi connectivity index (χ2n) is 7.67. The number of carbonyl (C=O) groups is 2. The van der Waals surface area contributed by atoms with Gasteiger partial charge in [-0.05, 0) is 54.8 Å². The van der Waals surface area contributed by atoms with Gasteiger partial charge >= 0.3 is 0 Å². The van der Waals surface area contributed by atoms with Crippen LogP contribution in [0, 0.1) is 5.82 Å². The minimum atomic E-state index is -0.551. The van der Waals surface area contributed by atoms with Gasteiger partial charge in [0, 0.05) is 18.7 Å². The lowest BCUT2D eigenvalue weighted by molar-refractivity contribution is -0.128. The summed E-state index contributed by atoms with van der Waals surface area (Å²) < 4.78 is 13.1. The lowest BCUT2D eigenvalue weighted by Gasteiger charge is -2.16. The van der Waals surface area contributed by atoms with Crippen LogP contribution in [0.1, 0.15) is 18.4 Å². The molecule has 1 N–H and O–H groups in total. The van der Waals surface area contributed by atoms with Crippen LogP contribution < -0.4 is 5.32 Å². The molecule has 0 unspecified atom stereocenters. The maximum atomic E-state index is 13.2. The number of nitrogens with zero attached hydrogens (tertiary/aromatic N) is 2. The van der Waals surface area contributed by atoms with Crippen LogP contribution in [0.2, 0.25) is 0 Å². The molecule has 1 heterocycles. The first-order valence-electron chi connectivity index (χ1n) is 10.8. The van der Waals surface area contributed by atoms with Gasteiger partial charge in [-0.25, -0.2) is 9.38 Å². The van der Waals surface area contributed by atoms with E-state index in [1.54, 1.807) is 4.90 Å². The molecule has 3 aromatic rings. The van der Waals surface area contributed by atoms with Crippen molar-refractivity contribution < 1.29 is 14.0 Å². The quantitative estimate of drug-likeness (QED) is 0.487. The Morgan fingerprint density at radius 1 is 0.970 bits per heavy atom. The Bertz CT molecular complexity index is 1120. The first-order valence-corrected chi connectivity index (χ1v) is 11.7. The number of hydrogen-bond donors (Lipinski definition) is 1. The monoisotopic (exact) mass is 461 g/mol. The van der Waals surface area contributed by atoms with E-state index in [-0.39, 0.29) is 24.1 Å². The molecule has 168 valence electrons. The van der Waals surface area contributed by atoms with Crippen molar-refractivity contribution in [2.45, 2.75) is 24.5 Å². The summed E-state index contributed by atoms with van der Waals surface area (Å²) in [6.45, 7) is 0.530. The second kappa shape index (κ2) is 10.9. The minimum absolute atomic E-state index is 0.0177. The van der Waals surface area contributed by atoms with Gasteiger partial charge in [0.25, 0.3) is 0 Å². The number of anilines is 1. The molecule has 0 aliphatic carbocycles. The Labute approximate surface area is 196 Å². The molecule has 0 aromatic heterocycles. The Hall–Kier alpha value is -3.45. The van der Waals surface area contributed by atoms with Crippen LogP contribution >= 0.6 is 11.8 Å². The summed E-state index contributed by atoms with van der Waals surface area (Å²) in [6.07, 6.45) is 1.66. The van der Waals surface area contributed by atoms with E-state index >= 15 is 0 Å². The summed E-state index contributed by atoms with van der Waals surface area (Å²) >= 11 is 1.31. The number of rotatable bonds is 8. The van der Waals surface area contributed by atoms with Crippen molar-refractivity contribution >= 4 is 40.1 Å². The number of thioether (sulfide) groups is 1. The van der Waals surface area contributed by atoms with Crippen molar-refractivity contribution in [3.63, 3.8) is 0 Å². The Morgan fingerprint density at radius 3 is 2.33 bits per heavy atom. The third-order valence-electron chi connectivity index (χ3n) is 5.19. The average molecular weight is 462 g/mol. The minimum Gasteiger partial charge on any atom is -0.326 e. The summed E-state index contributed by atoms with van der Waals surface area (Å²) in [5, 5.41) is 2.79. The summed E-state index contributed by atoms with van der Waals surface area (Å²) in [6, 6.07) is 25.2. The summed E-state index contributed by atoms with van der Waals surface area (Å²) in [5.41, 5.74) is 2.47. The number of amides is 2. The molecule has 0 spiro atoms. The van der Waals surface area contributed by atoms with Crippen molar-refractivity contribution in [2.75, 3.05) is 11.9 Å². The van der Waals surface area contributed by atoms with Crippen LogP contribution in [-0.2, 0) is 16.0 Å². The number of carbonyl (C=O) groups excluding carboxylic acids is 2. The molecule has 0 radical (unpaired) electrons. The first kappa shape index (κ1) is 22.7. The topological polar surface area (TPSA) is 61.8 Å². The van der Waals surface area contributed by atoms with Crippen molar-refractivity contribution in [1.82, 2.24) is 4.90 Å². The number of amidine groups is 1. The zero-order valence-electron chi connectivity index (χ0n) is 18.0. The van der Waals surface area contributed by atoms with Crippen LogP contribution in [-0.4, -0.2) is 33.7 Å². The van der Waals surface area contributed by atoms with Gasteiger partial charge in [-0.3, -0.25) is 14.5 Å². The molecule has 7 heteroatoms. The fourth-order valence-electron chi connectivity index (χ4n) is 3.54. The highest BCUT2D eigenvalue weighted by Gasteiger charge is 2.38. The normalized spacial score (nSPS) is 16.9. The third kappa shape index (κ3) is 6.29.